The fourth-order valence-electron chi connectivity index (χ4n) is 2.77. The van der Waals surface area contributed by atoms with Crippen molar-refractivity contribution < 1.29 is 0 Å². The lowest BCUT2D eigenvalue weighted by Gasteiger charge is -2.09. The van der Waals surface area contributed by atoms with Gasteiger partial charge >= 0.3 is 0 Å². The zero-order chi connectivity index (χ0) is 15.1. The third-order valence-corrected chi connectivity index (χ3v) is 4.41. The molecule has 7 heteroatoms. The van der Waals surface area contributed by atoms with Crippen LogP contribution in [0.25, 0.3) is 16.9 Å². The maximum atomic E-state index is 6.28. The molecule has 3 heterocycles. The van der Waals surface area contributed by atoms with Crippen molar-refractivity contribution in [3.63, 3.8) is 0 Å². The molecule has 1 fully saturated rings. The molecule has 0 saturated carbocycles. The highest BCUT2D eigenvalue weighted by Gasteiger charge is 2.22. The van der Waals surface area contributed by atoms with Crippen LogP contribution in [0.3, 0.4) is 0 Å². The van der Waals surface area contributed by atoms with Gasteiger partial charge < -0.3 is 5.32 Å². The summed E-state index contributed by atoms with van der Waals surface area (Å²) >= 11 is 12.2. The summed E-state index contributed by atoms with van der Waals surface area (Å²) in [5, 5.41) is 17.7. The minimum Gasteiger partial charge on any atom is -0.307 e. The quantitative estimate of drug-likeness (QED) is 0.779. The standard InChI is InChI=1S/C15H13Cl2N5/c16-9-3-4-10(11(17)8-9)12-5-6-14-19-20-15(22(14)21-12)13-2-1-7-18-13/h3-6,8,13,18H,1-2,7H2/t13-/m0/s1. The smallest absolute Gasteiger partial charge is 0.178 e. The molecule has 0 amide bonds. The first-order chi connectivity index (χ1) is 10.7. The van der Waals surface area contributed by atoms with Gasteiger partial charge in [0, 0.05) is 10.6 Å². The Labute approximate surface area is 137 Å². The molecule has 0 radical (unpaired) electrons. The molecule has 5 nitrogen and oxygen atoms in total. The Morgan fingerprint density at radius 3 is 2.82 bits per heavy atom. The van der Waals surface area contributed by atoms with Gasteiger partial charge in [-0.15, -0.1) is 10.2 Å². The Kier molecular flexibility index (Phi) is 3.48. The molecule has 1 saturated heterocycles. The van der Waals surface area contributed by atoms with E-state index < -0.39 is 0 Å². The fraction of sp³-hybridized carbons (Fsp3) is 0.267. The van der Waals surface area contributed by atoms with Gasteiger partial charge in [-0.2, -0.15) is 9.61 Å². The number of hydrogen-bond donors (Lipinski definition) is 1. The summed E-state index contributed by atoms with van der Waals surface area (Å²) in [6, 6.07) is 9.40. The lowest BCUT2D eigenvalue weighted by atomic mass is 10.1. The minimum absolute atomic E-state index is 0.207. The van der Waals surface area contributed by atoms with Crippen LogP contribution >= 0.6 is 23.2 Å². The van der Waals surface area contributed by atoms with E-state index in [0.29, 0.717) is 10.0 Å². The Hall–Kier alpha value is -1.69. The highest BCUT2D eigenvalue weighted by atomic mass is 35.5. The number of nitrogens with one attached hydrogen (secondary N) is 1. The summed E-state index contributed by atoms with van der Waals surface area (Å²) in [5.74, 6) is 0.847. The van der Waals surface area contributed by atoms with Crippen molar-refractivity contribution in [2.75, 3.05) is 6.54 Å². The van der Waals surface area contributed by atoms with Crippen molar-refractivity contribution in [1.29, 1.82) is 0 Å². The third kappa shape index (κ3) is 2.35. The molecule has 1 N–H and O–H groups in total. The van der Waals surface area contributed by atoms with Crippen molar-refractivity contribution >= 4 is 28.8 Å². The number of aromatic nitrogens is 4. The molecule has 1 aliphatic heterocycles. The molecule has 22 heavy (non-hydrogen) atoms. The molecule has 0 unspecified atom stereocenters. The Bertz CT molecular complexity index is 839. The zero-order valence-electron chi connectivity index (χ0n) is 11.6. The van der Waals surface area contributed by atoms with E-state index in [1.165, 1.54) is 0 Å². The maximum absolute atomic E-state index is 6.28. The number of rotatable bonds is 2. The predicted molar refractivity (Wildman–Crippen MR) is 86.2 cm³/mol. The lowest BCUT2D eigenvalue weighted by Crippen LogP contribution is -2.16. The van der Waals surface area contributed by atoms with Gasteiger partial charge in [0.1, 0.15) is 0 Å². The van der Waals surface area contributed by atoms with Crippen LogP contribution in [-0.2, 0) is 0 Å². The largest absolute Gasteiger partial charge is 0.307 e. The molecular weight excluding hydrogens is 321 g/mol. The molecule has 1 aliphatic rings. The van der Waals surface area contributed by atoms with Gasteiger partial charge in [0.15, 0.2) is 11.5 Å². The Morgan fingerprint density at radius 1 is 1.14 bits per heavy atom. The molecular formula is C15H13Cl2N5. The molecule has 4 rings (SSSR count). The van der Waals surface area contributed by atoms with Crippen LogP contribution < -0.4 is 5.32 Å². The minimum atomic E-state index is 0.207. The molecule has 2 aromatic heterocycles. The topological polar surface area (TPSA) is 55.1 Å². The van der Waals surface area contributed by atoms with E-state index in [2.05, 4.69) is 20.6 Å². The van der Waals surface area contributed by atoms with Crippen LogP contribution in [0.1, 0.15) is 24.7 Å². The zero-order valence-corrected chi connectivity index (χ0v) is 13.1. The monoisotopic (exact) mass is 333 g/mol. The van der Waals surface area contributed by atoms with Crippen molar-refractivity contribution in [3.8, 4) is 11.3 Å². The van der Waals surface area contributed by atoms with Gasteiger partial charge in [-0.3, -0.25) is 0 Å². The molecule has 0 spiro atoms. The first-order valence-electron chi connectivity index (χ1n) is 7.13. The van der Waals surface area contributed by atoms with E-state index in [9.17, 15) is 0 Å². The number of benzene rings is 1. The normalized spacial score (nSPS) is 18.2. The van der Waals surface area contributed by atoms with Gasteiger partial charge in [-0.1, -0.05) is 23.2 Å². The van der Waals surface area contributed by atoms with E-state index in [0.717, 1.165) is 42.1 Å². The SMILES string of the molecule is Clc1ccc(-c2ccc3nnc([C@@H]4CCCN4)n3n2)c(Cl)c1. The number of halogens is 2. The highest BCUT2D eigenvalue weighted by Crippen LogP contribution is 2.29. The first-order valence-corrected chi connectivity index (χ1v) is 7.89. The molecule has 112 valence electrons. The van der Waals surface area contributed by atoms with Gasteiger partial charge in [0.2, 0.25) is 0 Å². The van der Waals surface area contributed by atoms with Crippen LogP contribution in [0, 0.1) is 0 Å². The number of hydrogen-bond acceptors (Lipinski definition) is 4. The van der Waals surface area contributed by atoms with Crippen LogP contribution in [0.2, 0.25) is 10.0 Å². The summed E-state index contributed by atoms with van der Waals surface area (Å²) in [4.78, 5) is 0. The van der Waals surface area contributed by atoms with E-state index in [4.69, 9.17) is 23.2 Å². The van der Waals surface area contributed by atoms with E-state index >= 15 is 0 Å². The second-order valence-electron chi connectivity index (χ2n) is 5.32. The van der Waals surface area contributed by atoms with Crippen molar-refractivity contribution in [3.05, 3.63) is 46.2 Å². The first kappa shape index (κ1) is 13.9. The van der Waals surface area contributed by atoms with Crippen molar-refractivity contribution in [1.82, 2.24) is 25.1 Å². The van der Waals surface area contributed by atoms with E-state index in [-0.39, 0.29) is 6.04 Å². The highest BCUT2D eigenvalue weighted by molar-refractivity contribution is 6.36. The van der Waals surface area contributed by atoms with Crippen LogP contribution in [-0.4, -0.2) is 26.4 Å². The number of fused-ring (bicyclic) bond motifs is 1. The third-order valence-electron chi connectivity index (χ3n) is 3.87. The fourth-order valence-corrected chi connectivity index (χ4v) is 3.27. The average molecular weight is 334 g/mol. The predicted octanol–water partition coefficient (Wildman–Crippen LogP) is 3.52. The van der Waals surface area contributed by atoms with Gasteiger partial charge in [0.25, 0.3) is 0 Å². The van der Waals surface area contributed by atoms with E-state index in [1.54, 1.807) is 16.6 Å². The van der Waals surface area contributed by atoms with Crippen LogP contribution in [0.4, 0.5) is 0 Å². The lowest BCUT2D eigenvalue weighted by molar-refractivity contribution is 0.585. The Balaban J connectivity index is 1.83. The number of nitrogens with zero attached hydrogens (tertiary/aromatic N) is 4. The Morgan fingerprint density at radius 2 is 2.05 bits per heavy atom. The van der Waals surface area contributed by atoms with Crippen molar-refractivity contribution in [2.24, 2.45) is 0 Å². The molecule has 1 aromatic carbocycles. The summed E-state index contributed by atoms with van der Waals surface area (Å²) in [5.41, 5.74) is 2.35. The van der Waals surface area contributed by atoms with E-state index in [1.807, 2.05) is 18.2 Å². The average Bonchev–Trinajstić information content (AvgIpc) is 3.15. The van der Waals surface area contributed by atoms with Crippen molar-refractivity contribution in [2.45, 2.75) is 18.9 Å². The van der Waals surface area contributed by atoms with Crippen LogP contribution in [0.15, 0.2) is 30.3 Å². The second-order valence-corrected chi connectivity index (χ2v) is 6.16. The molecule has 3 aromatic rings. The van der Waals surface area contributed by atoms with Gasteiger partial charge in [-0.05, 0) is 49.7 Å². The molecule has 1 atom stereocenters. The summed E-state index contributed by atoms with van der Waals surface area (Å²) in [6.45, 7) is 1.00. The van der Waals surface area contributed by atoms with Gasteiger partial charge in [-0.25, -0.2) is 0 Å². The molecule has 0 aliphatic carbocycles. The van der Waals surface area contributed by atoms with Gasteiger partial charge in [0.05, 0.1) is 16.8 Å². The molecule has 0 bridgehead atoms. The maximum Gasteiger partial charge on any atom is 0.178 e. The summed E-state index contributed by atoms with van der Waals surface area (Å²) in [7, 11) is 0. The summed E-state index contributed by atoms with van der Waals surface area (Å²) < 4.78 is 1.79. The van der Waals surface area contributed by atoms with Crippen LogP contribution in [0.5, 0.6) is 0 Å². The second kappa shape index (κ2) is 5.50. The summed E-state index contributed by atoms with van der Waals surface area (Å²) in [6.07, 6.45) is 2.19.